The van der Waals surface area contributed by atoms with Gasteiger partial charge >= 0.3 is 0 Å². The molecule has 0 radical (unpaired) electrons. The molecule has 2 fully saturated rings. The van der Waals surface area contributed by atoms with Gasteiger partial charge in [0.25, 0.3) is 5.91 Å². The summed E-state index contributed by atoms with van der Waals surface area (Å²) in [5.41, 5.74) is 0.761. The standard InChI is InChI=1S/C21H25N3O4/c25-12-18(21(28)22-17-10-13-3-4-14(17)9-13)23-20(27)16-11-15(5-6-19(16)26)24-7-1-2-8-24/h1-2,5-8,11,13-14,17-18,25-26H,3-4,9-10,12H2,(H,22,28)(H,23,27)/t13?,14?,17?,18-/m0/s1. The molecule has 2 saturated carbocycles. The summed E-state index contributed by atoms with van der Waals surface area (Å²) < 4.78 is 1.81. The minimum atomic E-state index is -1.05. The number of nitrogens with zero attached hydrogens (tertiary/aromatic N) is 1. The van der Waals surface area contributed by atoms with Crippen LogP contribution in [0, 0.1) is 11.8 Å². The number of rotatable bonds is 6. The Morgan fingerprint density at radius 1 is 1.18 bits per heavy atom. The van der Waals surface area contributed by atoms with Gasteiger partial charge in [-0.3, -0.25) is 9.59 Å². The lowest BCUT2D eigenvalue weighted by Gasteiger charge is -2.25. The molecule has 1 heterocycles. The van der Waals surface area contributed by atoms with E-state index in [0.717, 1.165) is 19.3 Å². The smallest absolute Gasteiger partial charge is 0.255 e. The van der Waals surface area contributed by atoms with Gasteiger partial charge in [-0.15, -0.1) is 0 Å². The Bertz CT molecular complexity index is 865. The highest BCUT2D eigenvalue weighted by molar-refractivity contribution is 6.00. The molecule has 7 nitrogen and oxygen atoms in total. The van der Waals surface area contributed by atoms with Crippen LogP contribution in [0.4, 0.5) is 0 Å². The average Bonchev–Trinajstić information content (AvgIpc) is 3.44. The van der Waals surface area contributed by atoms with Gasteiger partial charge in [0.1, 0.15) is 11.8 Å². The van der Waals surface area contributed by atoms with E-state index in [0.29, 0.717) is 17.5 Å². The van der Waals surface area contributed by atoms with Crippen LogP contribution in [0.3, 0.4) is 0 Å². The van der Waals surface area contributed by atoms with Gasteiger partial charge in [0.05, 0.1) is 12.2 Å². The van der Waals surface area contributed by atoms with Crippen molar-refractivity contribution in [3.63, 3.8) is 0 Å². The fourth-order valence-corrected chi connectivity index (χ4v) is 4.51. The predicted octanol–water partition coefficient (Wildman–Crippen LogP) is 1.58. The van der Waals surface area contributed by atoms with Gasteiger partial charge < -0.3 is 25.4 Å². The maximum Gasteiger partial charge on any atom is 0.255 e. The third-order valence-corrected chi connectivity index (χ3v) is 6.00. The van der Waals surface area contributed by atoms with E-state index in [1.165, 1.54) is 12.5 Å². The van der Waals surface area contributed by atoms with E-state index in [1.807, 2.05) is 29.1 Å². The van der Waals surface area contributed by atoms with E-state index < -0.39 is 18.6 Å². The van der Waals surface area contributed by atoms with E-state index in [2.05, 4.69) is 10.6 Å². The van der Waals surface area contributed by atoms with E-state index in [-0.39, 0.29) is 23.3 Å². The number of hydrogen-bond donors (Lipinski definition) is 4. The first kappa shape index (κ1) is 18.6. The second-order valence-electron chi connectivity index (χ2n) is 7.79. The quantitative estimate of drug-likeness (QED) is 0.608. The number of carbonyl (C=O) groups is 2. The summed E-state index contributed by atoms with van der Waals surface area (Å²) >= 11 is 0. The normalized spacial score (nSPS) is 24.1. The Kier molecular flexibility index (Phi) is 5.09. The van der Waals surface area contributed by atoms with Crippen molar-refractivity contribution in [2.45, 2.75) is 37.8 Å². The highest BCUT2D eigenvalue weighted by Gasteiger charge is 2.40. The number of benzene rings is 1. The van der Waals surface area contributed by atoms with Crippen LogP contribution < -0.4 is 10.6 Å². The first-order valence-electron chi connectivity index (χ1n) is 9.73. The highest BCUT2D eigenvalue weighted by atomic mass is 16.3. The second kappa shape index (κ2) is 7.67. The fourth-order valence-electron chi connectivity index (χ4n) is 4.51. The molecule has 1 aromatic heterocycles. The molecule has 2 aromatic rings. The topological polar surface area (TPSA) is 104 Å². The van der Waals surface area contributed by atoms with Crippen LogP contribution in [0.15, 0.2) is 42.7 Å². The average molecular weight is 383 g/mol. The number of phenolic OH excluding ortho intramolecular Hbond substituents is 1. The third-order valence-electron chi connectivity index (χ3n) is 6.00. The summed E-state index contributed by atoms with van der Waals surface area (Å²) in [4.78, 5) is 25.2. The number of aromatic nitrogens is 1. The summed E-state index contributed by atoms with van der Waals surface area (Å²) in [5, 5.41) is 25.3. The number of phenols is 1. The Morgan fingerprint density at radius 3 is 2.61 bits per heavy atom. The first-order valence-corrected chi connectivity index (χ1v) is 9.73. The molecular weight excluding hydrogens is 358 g/mol. The minimum absolute atomic E-state index is 0.0531. The van der Waals surface area contributed by atoms with Gasteiger partial charge in [0.2, 0.25) is 5.91 Å². The monoisotopic (exact) mass is 383 g/mol. The molecule has 2 bridgehead atoms. The summed E-state index contributed by atoms with van der Waals surface area (Å²) in [7, 11) is 0. The fraction of sp³-hybridized carbons (Fsp3) is 0.429. The van der Waals surface area contributed by atoms with Crippen LogP contribution in [0.1, 0.15) is 36.0 Å². The zero-order chi connectivity index (χ0) is 19.7. The Balaban J connectivity index is 1.44. The predicted molar refractivity (Wildman–Crippen MR) is 103 cm³/mol. The molecule has 4 atom stereocenters. The summed E-state index contributed by atoms with van der Waals surface area (Å²) in [5.74, 6) is 0.0267. The van der Waals surface area contributed by atoms with E-state index in [9.17, 15) is 19.8 Å². The van der Waals surface area contributed by atoms with Gasteiger partial charge in [0.15, 0.2) is 0 Å². The van der Waals surface area contributed by atoms with Crippen molar-refractivity contribution in [1.82, 2.24) is 15.2 Å². The van der Waals surface area contributed by atoms with Crippen molar-refractivity contribution in [3.05, 3.63) is 48.3 Å². The lowest BCUT2D eigenvalue weighted by Crippen LogP contribution is -2.52. The molecule has 7 heteroatoms. The zero-order valence-electron chi connectivity index (χ0n) is 15.5. The van der Waals surface area contributed by atoms with Crippen LogP contribution in [0.25, 0.3) is 5.69 Å². The summed E-state index contributed by atoms with van der Waals surface area (Å²) in [6.07, 6.45) is 8.14. The van der Waals surface area contributed by atoms with Crippen molar-refractivity contribution in [2.24, 2.45) is 11.8 Å². The van der Waals surface area contributed by atoms with Crippen molar-refractivity contribution >= 4 is 11.8 Å². The first-order chi connectivity index (χ1) is 13.5. The number of hydrogen-bond acceptors (Lipinski definition) is 4. The van der Waals surface area contributed by atoms with E-state index >= 15 is 0 Å². The molecule has 2 aliphatic rings. The molecule has 4 N–H and O–H groups in total. The Labute approximate surface area is 163 Å². The van der Waals surface area contributed by atoms with Gasteiger partial charge in [-0.2, -0.15) is 0 Å². The van der Waals surface area contributed by atoms with Crippen LogP contribution >= 0.6 is 0 Å². The Hall–Kier alpha value is -2.80. The molecule has 2 amide bonds. The van der Waals surface area contributed by atoms with Crippen molar-refractivity contribution in [1.29, 1.82) is 0 Å². The van der Waals surface area contributed by atoms with Crippen molar-refractivity contribution < 1.29 is 19.8 Å². The van der Waals surface area contributed by atoms with Gasteiger partial charge in [-0.25, -0.2) is 0 Å². The highest BCUT2D eigenvalue weighted by Crippen LogP contribution is 2.44. The molecule has 3 unspecified atom stereocenters. The molecule has 0 spiro atoms. The molecule has 148 valence electrons. The van der Waals surface area contributed by atoms with Crippen LogP contribution in [-0.2, 0) is 4.79 Å². The van der Waals surface area contributed by atoms with Gasteiger partial charge in [-0.1, -0.05) is 6.42 Å². The largest absolute Gasteiger partial charge is 0.507 e. The number of fused-ring (bicyclic) bond motifs is 2. The summed E-state index contributed by atoms with van der Waals surface area (Å²) in [6, 6.07) is 7.46. The lowest BCUT2D eigenvalue weighted by molar-refractivity contribution is -0.124. The van der Waals surface area contributed by atoms with Gasteiger partial charge in [0, 0.05) is 24.1 Å². The number of aliphatic hydroxyl groups is 1. The second-order valence-corrected chi connectivity index (χ2v) is 7.79. The maximum absolute atomic E-state index is 12.7. The SMILES string of the molecule is O=C(N[C@@H](CO)C(=O)NC1CC2CCC1C2)c1cc(-n2cccc2)ccc1O. The molecular formula is C21H25N3O4. The minimum Gasteiger partial charge on any atom is -0.507 e. The summed E-state index contributed by atoms with van der Waals surface area (Å²) in [6.45, 7) is -0.504. The molecule has 28 heavy (non-hydrogen) atoms. The van der Waals surface area contributed by atoms with Crippen molar-refractivity contribution in [2.75, 3.05) is 6.61 Å². The maximum atomic E-state index is 12.7. The number of carbonyl (C=O) groups excluding carboxylic acids is 2. The number of amides is 2. The van der Waals surface area contributed by atoms with Crippen LogP contribution in [0.2, 0.25) is 0 Å². The van der Waals surface area contributed by atoms with Crippen LogP contribution in [-0.4, -0.2) is 45.3 Å². The molecule has 1 aromatic carbocycles. The van der Waals surface area contributed by atoms with E-state index in [4.69, 9.17) is 0 Å². The van der Waals surface area contributed by atoms with Gasteiger partial charge in [-0.05, 0) is 61.4 Å². The molecule has 4 rings (SSSR count). The van der Waals surface area contributed by atoms with Crippen LogP contribution in [0.5, 0.6) is 5.75 Å². The van der Waals surface area contributed by atoms with Crippen molar-refractivity contribution in [3.8, 4) is 11.4 Å². The third kappa shape index (κ3) is 3.62. The lowest BCUT2D eigenvalue weighted by atomic mass is 9.95. The molecule has 2 aliphatic carbocycles. The molecule has 0 aliphatic heterocycles. The number of aliphatic hydroxyl groups excluding tert-OH is 1. The number of aromatic hydroxyl groups is 1. The molecule has 0 saturated heterocycles. The number of nitrogens with one attached hydrogen (secondary N) is 2. The van der Waals surface area contributed by atoms with E-state index in [1.54, 1.807) is 12.1 Å². The Morgan fingerprint density at radius 2 is 1.96 bits per heavy atom. The zero-order valence-corrected chi connectivity index (χ0v) is 15.5.